The highest BCUT2D eigenvalue weighted by molar-refractivity contribution is 5.84. The van der Waals surface area contributed by atoms with E-state index >= 15 is 0 Å². The van der Waals surface area contributed by atoms with Crippen LogP contribution in [0.1, 0.15) is 36.8 Å². The summed E-state index contributed by atoms with van der Waals surface area (Å²) in [6.07, 6.45) is 2.35. The van der Waals surface area contributed by atoms with Crippen LogP contribution in [0.2, 0.25) is 0 Å². The highest BCUT2D eigenvalue weighted by Crippen LogP contribution is 2.33. The predicted molar refractivity (Wildman–Crippen MR) is 96.5 cm³/mol. The number of imidazole rings is 1. The zero-order chi connectivity index (χ0) is 18.7. The van der Waals surface area contributed by atoms with Crippen LogP contribution in [-0.4, -0.2) is 46.6 Å². The Hall–Kier alpha value is -2.83. The number of benzene rings is 1. The van der Waals surface area contributed by atoms with Crippen LogP contribution in [0.5, 0.6) is 0 Å². The van der Waals surface area contributed by atoms with E-state index < -0.39 is 12.0 Å². The largest absolute Gasteiger partial charge is 0.467 e. The van der Waals surface area contributed by atoms with Gasteiger partial charge in [0.2, 0.25) is 0 Å². The first-order valence-electron chi connectivity index (χ1n) is 8.75. The number of aromatic nitrogens is 2. The number of ether oxygens (including phenoxy) is 1. The molecule has 0 radical (unpaired) electrons. The van der Waals surface area contributed by atoms with E-state index in [1.165, 1.54) is 7.11 Å². The monoisotopic (exact) mass is 356 g/mol. The van der Waals surface area contributed by atoms with Gasteiger partial charge >= 0.3 is 12.0 Å². The highest BCUT2D eigenvalue weighted by atomic mass is 16.5. The number of amides is 2. The zero-order valence-corrected chi connectivity index (χ0v) is 15.2. The Morgan fingerprint density at radius 3 is 2.69 bits per heavy atom. The molecule has 1 aliphatic heterocycles. The Kier molecular flexibility index (Phi) is 5.25. The fourth-order valence-corrected chi connectivity index (χ4v) is 3.31. The molecule has 0 saturated heterocycles. The van der Waals surface area contributed by atoms with E-state index in [0.717, 1.165) is 17.0 Å². The standard InChI is InChI=1S/C19H24N4O3/c1-12(2)15(18(24)26-3)22-19(25)23-10-9-14-16(21-11-20-14)17(23)13-7-5-4-6-8-13/h4-8,11-12,15,17H,9-10H2,1-3H3,(H,20,21)(H,22,25)/t15-,17+/m0/s1. The number of hydrogen-bond acceptors (Lipinski definition) is 4. The maximum absolute atomic E-state index is 13.0. The molecule has 2 heterocycles. The van der Waals surface area contributed by atoms with Crippen molar-refractivity contribution in [2.45, 2.75) is 32.4 Å². The van der Waals surface area contributed by atoms with E-state index in [1.807, 2.05) is 44.2 Å². The SMILES string of the molecule is COC(=O)[C@@H](NC(=O)N1CCc2[nH]cnc2[C@H]1c1ccccc1)C(C)C. The number of aromatic amines is 1. The van der Waals surface area contributed by atoms with Crippen LogP contribution >= 0.6 is 0 Å². The van der Waals surface area contributed by atoms with Crippen molar-refractivity contribution >= 4 is 12.0 Å². The van der Waals surface area contributed by atoms with E-state index in [-0.39, 0.29) is 18.0 Å². The molecule has 7 heteroatoms. The lowest BCUT2D eigenvalue weighted by molar-refractivity contribution is -0.144. The smallest absolute Gasteiger partial charge is 0.328 e. The molecular weight excluding hydrogens is 332 g/mol. The van der Waals surface area contributed by atoms with Gasteiger partial charge in [-0.15, -0.1) is 0 Å². The normalized spacial score (nSPS) is 17.5. The van der Waals surface area contributed by atoms with Crippen molar-refractivity contribution < 1.29 is 14.3 Å². The number of nitrogens with zero attached hydrogens (tertiary/aromatic N) is 2. The van der Waals surface area contributed by atoms with Crippen LogP contribution in [0.15, 0.2) is 36.7 Å². The Bertz CT molecular complexity index is 772. The van der Waals surface area contributed by atoms with Crippen molar-refractivity contribution in [1.82, 2.24) is 20.2 Å². The summed E-state index contributed by atoms with van der Waals surface area (Å²) >= 11 is 0. The number of fused-ring (bicyclic) bond motifs is 1. The molecule has 0 aliphatic carbocycles. The van der Waals surface area contributed by atoms with E-state index in [1.54, 1.807) is 11.2 Å². The zero-order valence-electron chi connectivity index (χ0n) is 15.2. The molecule has 2 aromatic rings. The number of esters is 1. The van der Waals surface area contributed by atoms with Crippen LogP contribution in [-0.2, 0) is 16.0 Å². The van der Waals surface area contributed by atoms with Gasteiger partial charge < -0.3 is 19.9 Å². The van der Waals surface area contributed by atoms with Gasteiger partial charge in [0.15, 0.2) is 0 Å². The summed E-state index contributed by atoms with van der Waals surface area (Å²) in [6, 6.07) is 8.51. The van der Waals surface area contributed by atoms with Crippen molar-refractivity contribution in [2.24, 2.45) is 5.92 Å². The van der Waals surface area contributed by atoms with Crippen molar-refractivity contribution in [3.8, 4) is 0 Å². The molecule has 1 aromatic carbocycles. The second-order valence-electron chi connectivity index (χ2n) is 6.72. The third-order valence-corrected chi connectivity index (χ3v) is 4.70. The van der Waals surface area contributed by atoms with Gasteiger partial charge in [-0.1, -0.05) is 44.2 Å². The molecular formula is C19H24N4O3. The molecule has 1 aliphatic rings. The maximum Gasteiger partial charge on any atom is 0.328 e. The topological polar surface area (TPSA) is 87.3 Å². The van der Waals surface area contributed by atoms with Gasteiger partial charge in [-0.25, -0.2) is 14.6 Å². The fourth-order valence-electron chi connectivity index (χ4n) is 3.31. The molecule has 3 rings (SSSR count). The molecule has 26 heavy (non-hydrogen) atoms. The van der Waals surface area contributed by atoms with Crippen molar-refractivity contribution in [3.05, 3.63) is 53.6 Å². The van der Waals surface area contributed by atoms with Gasteiger partial charge in [-0.2, -0.15) is 0 Å². The second-order valence-corrected chi connectivity index (χ2v) is 6.72. The van der Waals surface area contributed by atoms with Crippen LogP contribution in [0.3, 0.4) is 0 Å². The lowest BCUT2D eigenvalue weighted by Crippen LogP contribution is -2.53. The second kappa shape index (κ2) is 7.59. The first kappa shape index (κ1) is 18.0. The first-order chi connectivity index (χ1) is 12.5. The van der Waals surface area contributed by atoms with Gasteiger partial charge in [-0.3, -0.25) is 0 Å². The Balaban J connectivity index is 1.90. The molecule has 1 aromatic heterocycles. The van der Waals surface area contributed by atoms with Gasteiger partial charge in [0.1, 0.15) is 12.1 Å². The summed E-state index contributed by atoms with van der Waals surface area (Å²) < 4.78 is 4.83. The minimum atomic E-state index is -0.690. The number of hydrogen-bond donors (Lipinski definition) is 2. The summed E-state index contributed by atoms with van der Waals surface area (Å²) in [5, 5.41) is 2.83. The molecule has 0 unspecified atom stereocenters. The number of carbonyl (C=O) groups is 2. The summed E-state index contributed by atoms with van der Waals surface area (Å²) in [7, 11) is 1.33. The van der Waals surface area contributed by atoms with Crippen molar-refractivity contribution in [1.29, 1.82) is 0 Å². The molecule has 0 fully saturated rings. The average molecular weight is 356 g/mol. The number of nitrogens with one attached hydrogen (secondary N) is 2. The molecule has 7 nitrogen and oxygen atoms in total. The Morgan fingerprint density at radius 1 is 1.31 bits per heavy atom. The quantitative estimate of drug-likeness (QED) is 0.823. The van der Waals surface area contributed by atoms with Crippen LogP contribution in [0, 0.1) is 5.92 Å². The van der Waals surface area contributed by atoms with Gasteiger partial charge in [0.25, 0.3) is 0 Å². The molecule has 138 valence electrons. The first-order valence-corrected chi connectivity index (χ1v) is 8.75. The summed E-state index contributed by atoms with van der Waals surface area (Å²) in [4.78, 5) is 34.4. The number of H-pyrrole nitrogens is 1. The van der Waals surface area contributed by atoms with E-state index in [9.17, 15) is 9.59 Å². The summed E-state index contributed by atoms with van der Waals surface area (Å²) in [6.45, 7) is 4.28. The highest BCUT2D eigenvalue weighted by Gasteiger charge is 2.36. The Morgan fingerprint density at radius 2 is 2.04 bits per heavy atom. The fraction of sp³-hybridized carbons (Fsp3) is 0.421. The van der Waals surface area contributed by atoms with E-state index in [4.69, 9.17) is 4.74 Å². The Labute approximate surface area is 152 Å². The number of methoxy groups -OCH3 is 1. The lowest BCUT2D eigenvalue weighted by atomic mass is 9.96. The number of urea groups is 1. The molecule has 0 saturated carbocycles. The average Bonchev–Trinajstić information content (AvgIpc) is 3.13. The molecule has 0 spiro atoms. The van der Waals surface area contributed by atoms with Crippen LogP contribution in [0.4, 0.5) is 4.79 Å². The van der Waals surface area contributed by atoms with Crippen LogP contribution in [0.25, 0.3) is 0 Å². The van der Waals surface area contributed by atoms with Gasteiger partial charge in [-0.05, 0) is 11.5 Å². The minimum Gasteiger partial charge on any atom is -0.467 e. The van der Waals surface area contributed by atoms with Crippen molar-refractivity contribution in [3.63, 3.8) is 0 Å². The third kappa shape index (κ3) is 3.42. The number of rotatable bonds is 4. The molecule has 0 bridgehead atoms. The molecule has 2 N–H and O–H groups in total. The van der Waals surface area contributed by atoms with E-state index in [2.05, 4.69) is 15.3 Å². The van der Waals surface area contributed by atoms with Gasteiger partial charge in [0, 0.05) is 18.7 Å². The number of carbonyl (C=O) groups excluding carboxylic acids is 2. The van der Waals surface area contributed by atoms with Crippen molar-refractivity contribution in [2.75, 3.05) is 13.7 Å². The maximum atomic E-state index is 13.0. The summed E-state index contributed by atoms with van der Waals surface area (Å²) in [5.41, 5.74) is 2.86. The predicted octanol–water partition coefficient (Wildman–Crippen LogP) is 2.26. The molecule has 2 atom stereocenters. The van der Waals surface area contributed by atoms with Crippen LogP contribution < -0.4 is 5.32 Å². The third-order valence-electron chi connectivity index (χ3n) is 4.70. The van der Waals surface area contributed by atoms with Gasteiger partial charge in [0.05, 0.1) is 19.1 Å². The molecule has 2 amide bonds. The lowest BCUT2D eigenvalue weighted by Gasteiger charge is -2.36. The minimum absolute atomic E-state index is 0.0766. The summed E-state index contributed by atoms with van der Waals surface area (Å²) in [5.74, 6) is -0.519. The van der Waals surface area contributed by atoms with E-state index in [0.29, 0.717) is 13.0 Å².